The molecule has 0 spiro atoms. The van der Waals surface area contributed by atoms with Gasteiger partial charge in [-0.15, -0.1) is 0 Å². The number of thiocarbonyl (C=S) groups is 1. The highest BCUT2D eigenvalue weighted by Gasteiger charge is 2.10. The molecule has 0 aliphatic carbocycles. The minimum atomic E-state index is 1.05. The Kier molecular flexibility index (Phi) is 2.22. The van der Waals surface area contributed by atoms with Gasteiger partial charge in [0.2, 0.25) is 0 Å². The van der Waals surface area contributed by atoms with Crippen LogP contribution in [0, 0.1) is 0 Å². The van der Waals surface area contributed by atoms with Crippen molar-refractivity contribution in [2.24, 2.45) is 0 Å². The Morgan fingerprint density at radius 3 is 2.78 bits per heavy atom. The fourth-order valence-corrected chi connectivity index (χ4v) is 1.33. The molecule has 1 nitrogen and oxygen atoms in total. The normalized spacial score (nSPS) is 20.0. The van der Waals surface area contributed by atoms with E-state index in [4.69, 9.17) is 12.2 Å². The molecule has 1 heterocycles. The SMILES string of the molecule is C=CN1CCCCC1=S. The highest BCUT2D eigenvalue weighted by Crippen LogP contribution is 2.11. The molecule has 1 rings (SSSR count). The molecule has 0 bridgehead atoms. The summed E-state index contributed by atoms with van der Waals surface area (Å²) in [6, 6.07) is 0. The van der Waals surface area contributed by atoms with Crippen molar-refractivity contribution < 1.29 is 0 Å². The second-order valence-electron chi connectivity index (χ2n) is 2.23. The number of rotatable bonds is 1. The molecule has 1 aliphatic heterocycles. The van der Waals surface area contributed by atoms with E-state index in [9.17, 15) is 0 Å². The molecule has 0 saturated carbocycles. The lowest BCUT2D eigenvalue weighted by atomic mass is 10.1. The van der Waals surface area contributed by atoms with Crippen LogP contribution in [0.4, 0.5) is 0 Å². The second kappa shape index (κ2) is 2.97. The highest BCUT2D eigenvalue weighted by molar-refractivity contribution is 7.80. The van der Waals surface area contributed by atoms with E-state index in [0.29, 0.717) is 0 Å². The number of likely N-dealkylation sites (tertiary alicyclic amines) is 1. The van der Waals surface area contributed by atoms with Crippen LogP contribution >= 0.6 is 12.2 Å². The summed E-state index contributed by atoms with van der Waals surface area (Å²) in [6.45, 7) is 4.74. The summed E-state index contributed by atoms with van der Waals surface area (Å²) in [4.78, 5) is 3.11. The molecule has 0 N–H and O–H groups in total. The molecule has 0 aromatic heterocycles. The maximum Gasteiger partial charge on any atom is 0.0818 e. The van der Waals surface area contributed by atoms with Gasteiger partial charge in [0.05, 0.1) is 4.99 Å². The van der Waals surface area contributed by atoms with Crippen molar-refractivity contribution in [3.8, 4) is 0 Å². The van der Waals surface area contributed by atoms with Gasteiger partial charge in [-0.25, -0.2) is 0 Å². The van der Waals surface area contributed by atoms with E-state index in [-0.39, 0.29) is 0 Å². The zero-order valence-corrected chi connectivity index (χ0v) is 6.28. The van der Waals surface area contributed by atoms with Gasteiger partial charge >= 0.3 is 0 Å². The van der Waals surface area contributed by atoms with Crippen LogP contribution in [0.3, 0.4) is 0 Å². The molecule has 0 amide bonds. The molecule has 0 unspecified atom stereocenters. The standard InChI is InChI=1S/C7H11NS/c1-2-8-6-4-3-5-7(8)9/h2H,1,3-6H2. The molecule has 0 radical (unpaired) electrons. The van der Waals surface area contributed by atoms with Crippen LogP contribution in [0.2, 0.25) is 0 Å². The Bertz CT molecular complexity index is 131. The van der Waals surface area contributed by atoms with Gasteiger partial charge in [0.15, 0.2) is 0 Å². The number of hydrogen-bond donors (Lipinski definition) is 0. The van der Waals surface area contributed by atoms with Crippen molar-refractivity contribution in [1.29, 1.82) is 0 Å². The molecule has 1 saturated heterocycles. The van der Waals surface area contributed by atoms with Gasteiger partial charge in [-0.1, -0.05) is 18.8 Å². The van der Waals surface area contributed by atoms with Gasteiger partial charge in [0, 0.05) is 6.54 Å². The van der Waals surface area contributed by atoms with E-state index in [2.05, 4.69) is 11.5 Å². The van der Waals surface area contributed by atoms with Gasteiger partial charge < -0.3 is 4.90 Å². The zero-order valence-electron chi connectivity index (χ0n) is 5.47. The van der Waals surface area contributed by atoms with Gasteiger partial charge in [0.25, 0.3) is 0 Å². The molecule has 0 atom stereocenters. The summed E-state index contributed by atoms with van der Waals surface area (Å²) in [5.74, 6) is 0. The molecule has 2 heteroatoms. The van der Waals surface area contributed by atoms with Gasteiger partial charge in [-0.05, 0) is 25.5 Å². The largest absolute Gasteiger partial charge is 0.343 e. The third kappa shape index (κ3) is 1.52. The van der Waals surface area contributed by atoms with E-state index >= 15 is 0 Å². The maximum absolute atomic E-state index is 5.08. The second-order valence-corrected chi connectivity index (χ2v) is 2.70. The van der Waals surface area contributed by atoms with E-state index in [1.807, 2.05) is 6.20 Å². The first-order valence-electron chi connectivity index (χ1n) is 3.26. The topological polar surface area (TPSA) is 3.24 Å². The van der Waals surface area contributed by atoms with Crippen molar-refractivity contribution >= 4 is 17.2 Å². The van der Waals surface area contributed by atoms with E-state index in [1.165, 1.54) is 12.8 Å². The molecule has 1 fully saturated rings. The van der Waals surface area contributed by atoms with Gasteiger partial charge in [-0.3, -0.25) is 0 Å². The fourth-order valence-electron chi connectivity index (χ4n) is 1.02. The predicted octanol–water partition coefficient (Wildman–Crippen LogP) is 1.94. The summed E-state index contributed by atoms with van der Waals surface area (Å²) < 4.78 is 0. The number of piperidine rings is 1. The Balaban J connectivity index is 2.48. The van der Waals surface area contributed by atoms with Crippen molar-refractivity contribution in [2.75, 3.05) is 6.54 Å². The molecular weight excluding hydrogens is 130 g/mol. The van der Waals surface area contributed by atoms with Crippen LogP contribution in [-0.2, 0) is 0 Å². The molecule has 0 aromatic rings. The fraction of sp³-hybridized carbons (Fsp3) is 0.571. The van der Waals surface area contributed by atoms with Crippen LogP contribution in [-0.4, -0.2) is 16.4 Å². The Morgan fingerprint density at radius 2 is 2.33 bits per heavy atom. The van der Waals surface area contributed by atoms with E-state index in [0.717, 1.165) is 18.0 Å². The summed E-state index contributed by atoms with van der Waals surface area (Å²) in [5.41, 5.74) is 0. The van der Waals surface area contributed by atoms with Crippen LogP contribution in [0.5, 0.6) is 0 Å². The third-order valence-electron chi connectivity index (χ3n) is 1.58. The summed E-state index contributed by atoms with van der Waals surface area (Å²) >= 11 is 5.08. The van der Waals surface area contributed by atoms with E-state index in [1.54, 1.807) is 0 Å². The zero-order chi connectivity index (χ0) is 6.69. The lowest BCUT2D eigenvalue weighted by Gasteiger charge is -2.25. The number of nitrogens with zero attached hydrogens (tertiary/aromatic N) is 1. The summed E-state index contributed by atoms with van der Waals surface area (Å²) in [5, 5.41) is 0. The first kappa shape index (κ1) is 6.75. The average Bonchev–Trinajstić information content (AvgIpc) is 1.89. The van der Waals surface area contributed by atoms with Crippen LogP contribution in [0.15, 0.2) is 12.8 Å². The van der Waals surface area contributed by atoms with Crippen molar-refractivity contribution in [1.82, 2.24) is 4.90 Å². The summed E-state index contributed by atoms with van der Waals surface area (Å²) in [6.07, 6.45) is 5.40. The minimum Gasteiger partial charge on any atom is -0.343 e. The predicted molar refractivity (Wildman–Crippen MR) is 43.4 cm³/mol. The summed E-state index contributed by atoms with van der Waals surface area (Å²) in [7, 11) is 0. The molecular formula is C7H11NS. The molecule has 50 valence electrons. The maximum atomic E-state index is 5.08. The van der Waals surface area contributed by atoms with Crippen LogP contribution in [0.1, 0.15) is 19.3 Å². The first-order chi connectivity index (χ1) is 4.34. The third-order valence-corrected chi connectivity index (χ3v) is 2.02. The highest BCUT2D eigenvalue weighted by atomic mass is 32.1. The molecule has 9 heavy (non-hydrogen) atoms. The van der Waals surface area contributed by atoms with E-state index < -0.39 is 0 Å². The smallest absolute Gasteiger partial charge is 0.0818 e. The Morgan fingerprint density at radius 1 is 1.56 bits per heavy atom. The Labute approximate surface area is 61.4 Å². The van der Waals surface area contributed by atoms with Crippen molar-refractivity contribution in [3.05, 3.63) is 12.8 Å². The molecule has 0 aromatic carbocycles. The lowest BCUT2D eigenvalue weighted by Crippen LogP contribution is -2.28. The quantitative estimate of drug-likeness (QED) is 0.513. The lowest BCUT2D eigenvalue weighted by molar-refractivity contribution is 0.482. The van der Waals surface area contributed by atoms with Gasteiger partial charge in [0.1, 0.15) is 0 Å². The molecule has 1 aliphatic rings. The van der Waals surface area contributed by atoms with Crippen LogP contribution in [0.25, 0.3) is 0 Å². The Hall–Kier alpha value is -0.370. The average molecular weight is 141 g/mol. The van der Waals surface area contributed by atoms with Gasteiger partial charge in [-0.2, -0.15) is 0 Å². The number of hydrogen-bond acceptors (Lipinski definition) is 1. The van der Waals surface area contributed by atoms with Crippen molar-refractivity contribution in [3.63, 3.8) is 0 Å². The van der Waals surface area contributed by atoms with Crippen LogP contribution < -0.4 is 0 Å². The minimum absolute atomic E-state index is 1.05. The monoisotopic (exact) mass is 141 g/mol. The van der Waals surface area contributed by atoms with Crippen molar-refractivity contribution in [2.45, 2.75) is 19.3 Å². The first-order valence-corrected chi connectivity index (χ1v) is 3.67.